The minimum absolute atomic E-state index is 0.267. The van der Waals surface area contributed by atoms with Crippen molar-refractivity contribution in [2.45, 2.75) is 52.7 Å². The van der Waals surface area contributed by atoms with Crippen LogP contribution < -0.4 is 5.32 Å². The predicted octanol–water partition coefficient (Wildman–Crippen LogP) is 3.80. The Morgan fingerprint density at radius 1 is 1.26 bits per heavy atom. The minimum atomic E-state index is -0.528. The highest BCUT2D eigenvalue weighted by molar-refractivity contribution is 5.67. The lowest BCUT2D eigenvalue weighted by molar-refractivity contribution is 0.0523. The summed E-state index contributed by atoms with van der Waals surface area (Å²) in [6.45, 7) is 7.71. The average molecular weight is 267 g/mol. The molecule has 0 aliphatic rings. The minimum Gasteiger partial charge on any atom is -0.444 e. The van der Waals surface area contributed by atoms with E-state index in [2.05, 4.69) is 5.32 Å². The number of nitrogens with one attached hydrogen (secondary N) is 1. The van der Waals surface area contributed by atoms with Gasteiger partial charge in [-0.15, -0.1) is 0 Å². The van der Waals surface area contributed by atoms with Crippen molar-refractivity contribution in [1.82, 2.24) is 5.32 Å². The third-order valence-electron chi connectivity index (χ3n) is 2.39. The molecule has 0 bridgehead atoms. The van der Waals surface area contributed by atoms with Gasteiger partial charge in [0.2, 0.25) is 0 Å². The second-order valence-electron chi connectivity index (χ2n) is 5.57. The Kier molecular flexibility index (Phi) is 5.33. The maximum Gasteiger partial charge on any atom is 0.407 e. The molecular weight excluding hydrogens is 245 g/mol. The fourth-order valence-corrected chi connectivity index (χ4v) is 1.74. The van der Waals surface area contributed by atoms with E-state index in [1.165, 1.54) is 12.1 Å². The first kappa shape index (κ1) is 15.5. The number of halogens is 1. The van der Waals surface area contributed by atoms with Gasteiger partial charge < -0.3 is 10.1 Å². The maximum absolute atomic E-state index is 13.4. The van der Waals surface area contributed by atoms with Crippen LogP contribution in [0.1, 0.15) is 45.2 Å². The Bertz CT molecular complexity index is 438. The molecule has 1 aromatic carbocycles. The standard InChI is InChI=1S/C15H22FNO2/c1-5-6-11-7-12(9-13(16)8-11)10-17-14(18)19-15(2,3)4/h7-9H,5-6,10H2,1-4H3,(H,17,18). The Morgan fingerprint density at radius 3 is 2.47 bits per heavy atom. The average Bonchev–Trinajstić information content (AvgIpc) is 2.24. The van der Waals surface area contributed by atoms with Gasteiger partial charge in [-0.25, -0.2) is 9.18 Å². The molecule has 1 amide bonds. The van der Waals surface area contributed by atoms with E-state index in [0.717, 1.165) is 24.0 Å². The van der Waals surface area contributed by atoms with Crippen LogP contribution in [-0.2, 0) is 17.7 Å². The molecule has 0 saturated carbocycles. The molecule has 0 fully saturated rings. The van der Waals surface area contributed by atoms with Gasteiger partial charge in [-0.1, -0.05) is 19.4 Å². The highest BCUT2D eigenvalue weighted by atomic mass is 19.1. The van der Waals surface area contributed by atoms with Crippen molar-refractivity contribution in [2.75, 3.05) is 0 Å². The molecule has 1 N–H and O–H groups in total. The molecule has 0 spiro atoms. The van der Waals surface area contributed by atoms with Crippen molar-refractivity contribution < 1.29 is 13.9 Å². The van der Waals surface area contributed by atoms with Gasteiger partial charge in [0.15, 0.2) is 0 Å². The number of hydrogen-bond donors (Lipinski definition) is 1. The molecule has 0 unspecified atom stereocenters. The van der Waals surface area contributed by atoms with Gasteiger partial charge in [0, 0.05) is 6.54 Å². The van der Waals surface area contributed by atoms with E-state index in [1.807, 2.05) is 13.0 Å². The third-order valence-corrected chi connectivity index (χ3v) is 2.39. The van der Waals surface area contributed by atoms with Crippen molar-refractivity contribution >= 4 is 6.09 Å². The highest BCUT2D eigenvalue weighted by Crippen LogP contribution is 2.12. The molecule has 0 aliphatic carbocycles. The molecule has 0 heterocycles. The molecule has 0 saturated heterocycles. The molecular formula is C15H22FNO2. The molecule has 0 aliphatic heterocycles. The van der Waals surface area contributed by atoms with E-state index in [-0.39, 0.29) is 12.4 Å². The maximum atomic E-state index is 13.4. The molecule has 0 aromatic heterocycles. The lowest BCUT2D eigenvalue weighted by Gasteiger charge is -2.19. The number of rotatable bonds is 4. The van der Waals surface area contributed by atoms with E-state index in [9.17, 15) is 9.18 Å². The van der Waals surface area contributed by atoms with Crippen LogP contribution in [0.15, 0.2) is 18.2 Å². The summed E-state index contributed by atoms with van der Waals surface area (Å²) in [5.41, 5.74) is 1.16. The van der Waals surface area contributed by atoms with Gasteiger partial charge in [0.25, 0.3) is 0 Å². The molecule has 1 aromatic rings. The number of hydrogen-bond acceptors (Lipinski definition) is 2. The summed E-state index contributed by atoms with van der Waals surface area (Å²) in [7, 11) is 0. The van der Waals surface area contributed by atoms with Gasteiger partial charge in [-0.3, -0.25) is 0 Å². The van der Waals surface area contributed by atoms with Crippen molar-refractivity contribution in [3.63, 3.8) is 0 Å². The Balaban J connectivity index is 2.60. The number of alkyl carbamates (subject to hydrolysis) is 1. The largest absolute Gasteiger partial charge is 0.444 e. The fraction of sp³-hybridized carbons (Fsp3) is 0.533. The Morgan fingerprint density at radius 2 is 1.89 bits per heavy atom. The monoisotopic (exact) mass is 267 g/mol. The summed E-state index contributed by atoms with van der Waals surface area (Å²) in [6, 6.07) is 4.86. The molecule has 4 heteroatoms. The lowest BCUT2D eigenvalue weighted by atomic mass is 10.1. The van der Waals surface area contributed by atoms with E-state index < -0.39 is 11.7 Å². The number of carbonyl (C=O) groups excluding carboxylic acids is 1. The topological polar surface area (TPSA) is 38.3 Å². The first-order valence-corrected chi connectivity index (χ1v) is 6.55. The van der Waals surface area contributed by atoms with E-state index in [1.54, 1.807) is 20.8 Å². The summed E-state index contributed by atoms with van der Waals surface area (Å²) in [6.07, 6.45) is 1.30. The number of benzene rings is 1. The molecule has 0 atom stereocenters. The van der Waals surface area contributed by atoms with Gasteiger partial charge >= 0.3 is 6.09 Å². The van der Waals surface area contributed by atoms with Crippen molar-refractivity contribution in [1.29, 1.82) is 0 Å². The van der Waals surface area contributed by atoms with Crippen LogP contribution in [0.25, 0.3) is 0 Å². The summed E-state index contributed by atoms with van der Waals surface area (Å²) in [5.74, 6) is -0.271. The lowest BCUT2D eigenvalue weighted by Crippen LogP contribution is -2.32. The van der Waals surface area contributed by atoms with Crippen molar-refractivity contribution in [2.24, 2.45) is 0 Å². The second-order valence-corrected chi connectivity index (χ2v) is 5.57. The van der Waals surface area contributed by atoms with Crippen molar-refractivity contribution in [3.8, 4) is 0 Å². The van der Waals surface area contributed by atoms with Crippen LogP contribution in [0.5, 0.6) is 0 Å². The molecule has 0 radical (unpaired) electrons. The van der Waals surface area contributed by atoms with E-state index >= 15 is 0 Å². The number of ether oxygens (including phenoxy) is 1. The zero-order chi connectivity index (χ0) is 14.5. The second kappa shape index (κ2) is 6.55. The van der Waals surface area contributed by atoms with Crippen LogP contribution in [-0.4, -0.2) is 11.7 Å². The number of carbonyl (C=O) groups is 1. The normalized spacial score (nSPS) is 11.2. The molecule has 3 nitrogen and oxygen atoms in total. The number of amides is 1. The Labute approximate surface area is 114 Å². The quantitative estimate of drug-likeness (QED) is 0.901. The van der Waals surface area contributed by atoms with Gasteiger partial charge in [0.05, 0.1) is 0 Å². The zero-order valence-electron chi connectivity index (χ0n) is 12.0. The van der Waals surface area contributed by atoms with Gasteiger partial charge in [0.1, 0.15) is 11.4 Å². The molecule has 1 rings (SSSR count). The van der Waals surface area contributed by atoms with E-state index in [4.69, 9.17) is 4.74 Å². The predicted molar refractivity (Wildman–Crippen MR) is 73.5 cm³/mol. The summed E-state index contributed by atoms with van der Waals surface area (Å²) in [5, 5.41) is 2.62. The van der Waals surface area contributed by atoms with Crippen LogP contribution in [0, 0.1) is 5.82 Å². The first-order valence-electron chi connectivity index (χ1n) is 6.55. The van der Waals surface area contributed by atoms with Gasteiger partial charge in [-0.2, -0.15) is 0 Å². The van der Waals surface area contributed by atoms with Gasteiger partial charge in [-0.05, 0) is 50.5 Å². The van der Waals surface area contributed by atoms with E-state index in [0.29, 0.717) is 0 Å². The highest BCUT2D eigenvalue weighted by Gasteiger charge is 2.15. The number of aryl methyl sites for hydroxylation is 1. The fourth-order valence-electron chi connectivity index (χ4n) is 1.74. The van der Waals surface area contributed by atoms with Crippen LogP contribution in [0.3, 0.4) is 0 Å². The SMILES string of the molecule is CCCc1cc(F)cc(CNC(=O)OC(C)(C)C)c1. The third kappa shape index (κ3) is 6.22. The molecule has 19 heavy (non-hydrogen) atoms. The van der Waals surface area contributed by atoms with Crippen molar-refractivity contribution in [3.05, 3.63) is 35.1 Å². The summed E-state index contributed by atoms with van der Waals surface area (Å²) >= 11 is 0. The van der Waals surface area contributed by atoms with Crippen LogP contribution >= 0.6 is 0 Å². The Hall–Kier alpha value is -1.58. The zero-order valence-corrected chi connectivity index (χ0v) is 12.0. The summed E-state index contributed by atoms with van der Waals surface area (Å²) < 4.78 is 18.5. The smallest absolute Gasteiger partial charge is 0.407 e. The van der Waals surface area contributed by atoms with Crippen LogP contribution in [0.2, 0.25) is 0 Å². The molecule has 106 valence electrons. The summed E-state index contributed by atoms with van der Waals surface area (Å²) in [4.78, 5) is 11.5. The first-order chi connectivity index (χ1) is 8.80. The van der Waals surface area contributed by atoms with Crippen LogP contribution in [0.4, 0.5) is 9.18 Å².